The van der Waals surface area contributed by atoms with Crippen molar-refractivity contribution >= 4 is 11.9 Å². The smallest absolute Gasteiger partial charge is 0.330 e. The summed E-state index contributed by atoms with van der Waals surface area (Å²) in [5.74, 6) is 0.0962. The first kappa shape index (κ1) is 47.3. The Kier molecular flexibility index (Phi) is 42.4. The summed E-state index contributed by atoms with van der Waals surface area (Å²) in [5, 5.41) is 0. The Hall–Kier alpha value is -1.84. The zero-order valence-corrected chi connectivity index (χ0v) is 32.0. The van der Waals surface area contributed by atoms with Crippen LogP contribution in [0.3, 0.4) is 0 Å². The molecule has 0 aromatic rings. The van der Waals surface area contributed by atoms with E-state index in [-0.39, 0.29) is 11.9 Å². The van der Waals surface area contributed by atoms with Crippen LogP contribution < -0.4 is 0 Å². The van der Waals surface area contributed by atoms with Crippen LogP contribution in [-0.4, -0.2) is 25.2 Å². The van der Waals surface area contributed by atoms with Crippen molar-refractivity contribution in [3.63, 3.8) is 0 Å². The summed E-state index contributed by atoms with van der Waals surface area (Å²) in [5.41, 5.74) is 0. The van der Waals surface area contributed by atoms with E-state index >= 15 is 0 Å². The summed E-state index contributed by atoms with van der Waals surface area (Å²) >= 11 is 0. The van der Waals surface area contributed by atoms with Crippen molar-refractivity contribution in [2.45, 2.75) is 207 Å². The van der Waals surface area contributed by atoms with E-state index in [1.165, 1.54) is 154 Å². The van der Waals surface area contributed by atoms with Crippen molar-refractivity contribution in [2.24, 2.45) is 5.92 Å². The van der Waals surface area contributed by atoms with Gasteiger partial charge in [-0.05, 0) is 50.9 Å². The Labute approximate surface area is 294 Å². The molecule has 0 heterocycles. The maximum absolute atomic E-state index is 11.4. The molecule has 47 heavy (non-hydrogen) atoms. The van der Waals surface area contributed by atoms with E-state index < -0.39 is 0 Å². The normalized spacial score (nSPS) is 11.3. The molecule has 0 bridgehead atoms. The molecule has 0 aliphatic heterocycles. The monoisotopic (exact) mass is 661 g/mol. The topological polar surface area (TPSA) is 52.6 Å². The third kappa shape index (κ3) is 46.3. The van der Waals surface area contributed by atoms with Gasteiger partial charge in [-0.3, -0.25) is 4.79 Å². The van der Waals surface area contributed by atoms with E-state index in [0.29, 0.717) is 25.6 Å². The molecule has 0 aromatic carbocycles. The summed E-state index contributed by atoms with van der Waals surface area (Å²) in [6.07, 6.45) is 46.0. The van der Waals surface area contributed by atoms with E-state index in [1.54, 1.807) is 0 Å². The molecular weight excluding hydrogens is 580 g/mol. The first-order valence-electron chi connectivity index (χ1n) is 20.2. The number of esters is 2. The Morgan fingerprint density at radius 1 is 0.532 bits per heavy atom. The van der Waals surface area contributed by atoms with Crippen LogP contribution in [0.25, 0.3) is 0 Å². The summed E-state index contributed by atoms with van der Waals surface area (Å²) in [7, 11) is 0. The van der Waals surface area contributed by atoms with E-state index in [1.807, 2.05) is 0 Å². The molecule has 0 aliphatic rings. The highest BCUT2D eigenvalue weighted by atomic mass is 16.5. The van der Waals surface area contributed by atoms with Gasteiger partial charge in [-0.15, -0.1) is 0 Å². The molecule has 0 aliphatic carbocycles. The summed E-state index contributed by atoms with van der Waals surface area (Å²) in [6, 6.07) is 0. The molecule has 0 amide bonds. The van der Waals surface area contributed by atoms with E-state index in [0.717, 1.165) is 25.7 Å². The van der Waals surface area contributed by atoms with Crippen molar-refractivity contribution in [1.29, 1.82) is 0 Å². The van der Waals surface area contributed by atoms with Gasteiger partial charge in [-0.25, -0.2) is 4.79 Å². The third-order valence-corrected chi connectivity index (χ3v) is 8.32. The van der Waals surface area contributed by atoms with Crippen LogP contribution in [0, 0.1) is 5.92 Å². The lowest BCUT2D eigenvalue weighted by atomic mass is 10.0. The van der Waals surface area contributed by atoms with Crippen molar-refractivity contribution in [1.82, 2.24) is 0 Å². The SMILES string of the molecule is C=CC(=O)OCCCCCCCCCCCCCCCCCC.CCCCC/C=C\C/C=C\CCCCCCCC(=O)OCC(C)C. The number of carbonyl (C=O) groups is 2. The molecule has 0 rings (SSSR count). The van der Waals surface area contributed by atoms with Crippen LogP contribution in [0.4, 0.5) is 0 Å². The number of rotatable bonds is 34. The lowest BCUT2D eigenvalue weighted by Crippen LogP contribution is -2.09. The maximum atomic E-state index is 11.4. The molecule has 0 fully saturated rings. The molecule has 4 heteroatoms. The zero-order chi connectivity index (χ0) is 34.9. The van der Waals surface area contributed by atoms with Gasteiger partial charge in [-0.2, -0.15) is 0 Å². The molecule has 0 radical (unpaired) electrons. The van der Waals surface area contributed by atoms with Gasteiger partial charge in [0.1, 0.15) is 0 Å². The fourth-order valence-corrected chi connectivity index (χ4v) is 5.29. The average Bonchev–Trinajstić information content (AvgIpc) is 3.07. The quantitative estimate of drug-likeness (QED) is 0.0298. The molecule has 0 atom stereocenters. The third-order valence-electron chi connectivity index (χ3n) is 8.32. The van der Waals surface area contributed by atoms with Gasteiger partial charge in [0.25, 0.3) is 0 Å². The maximum Gasteiger partial charge on any atom is 0.330 e. The van der Waals surface area contributed by atoms with Gasteiger partial charge >= 0.3 is 11.9 Å². The molecule has 0 spiro atoms. The molecule has 0 saturated carbocycles. The van der Waals surface area contributed by atoms with Crippen LogP contribution in [0.2, 0.25) is 0 Å². The molecule has 0 aromatic heterocycles. The lowest BCUT2D eigenvalue weighted by Gasteiger charge is -2.06. The van der Waals surface area contributed by atoms with Crippen molar-refractivity contribution < 1.29 is 19.1 Å². The number of hydrogen-bond acceptors (Lipinski definition) is 4. The predicted molar refractivity (Wildman–Crippen MR) is 206 cm³/mol. The van der Waals surface area contributed by atoms with Crippen molar-refractivity contribution in [2.75, 3.05) is 13.2 Å². The standard InChI is InChI=1S/C22H40O2.C21H40O2/c1-4-5-6-7-8-9-10-11-12-13-14-15-16-17-18-19-22(23)24-20-21(2)3;1-3-5-6-7-8-9-10-11-12-13-14-15-16-17-18-19-20-23-21(22)4-2/h8-9,11-12,21H,4-7,10,13-20H2,1-3H3;4H,2-3,5-20H2,1H3/b9-8-,12-11-;. The number of allylic oxidation sites excluding steroid dienone is 4. The number of unbranched alkanes of at least 4 members (excludes halogenated alkanes) is 23. The Balaban J connectivity index is 0. The fourth-order valence-electron chi connectivity index (χ4n) is 5.29. The molecule has 4 nitrogen and oxygen atoms in total. The summed E-state index contributed by atoms with van der Waals surface area (Å²) in [6.45, 7) is 13.1. The Morgan fingerprint density at radius 2 is 0.936 bits per heavy atom. The highest BCUT2D eigenvalue weighted by Crippen LogP contribution is 2.14. The second-order valence-electron chi connectivity index (χ2n) is 13.7. The lowest BCUT2D eigenvalue weighted by molar-refractivity contribution is -0.144. The van der Waals surface area contributed by atoms with Crippen molar-refractivity contribution in [3.05, 3.63) is 37.0 Å². The molecular formula is C43H80O4. The summed E-state index contributed by atoms with van der Waals surface area (Å²) in [4.78, 5) is 22.3. The van der Waals surface area contributed by atoms with E-state index in [2.05, 4.69) is 58.6 Å². The van der Waals surface area contributed by atoms with Crippen LogP contribution in [0.5, 0.6) is 0 Å². The van der Waals surface area contributed by atoms with Crippen LogP contribution in [0.1, 0.15) is 207 Å². The molecule has 276 valence electrons. The van der Waals surface area contributed by atoms with Crippen molar-refractivity contribution in [3.8, 4) is 0 Å². The minimum absolute atomic E-state index is 0.0330. The minimum atomic E-state index is -0.300. The highest BCUT2D eigenvalue weighted by molar-refractivity contribution is 5.81. The predicted octanol–water partition coefficient (Wildman–Crippen LogP) is 14.0. The van der Waals surface area contributed by atoms with Crippen LogP contribution >= 0.6 is 0 Å². The fraction of sp³-hybridized carbons (Fsp3) is 0.814. The van der Waals surface area contributed by atoms with Crippen LogP contribution in [-0.2, 0) is 19.1 Å². The molecule has 0 N–H and O–H groups in total. The van der Waals surface area contributed by atoms with Gasteiger partial charge in [0.15, 0.2) is 0 Å². The van der Waals surface area contributed by atoms with Gasteiger partial charge < -0.3 is 9.47 Å². The van der Waals surface area contributed by atoms with Gasteiger partial charge in [0, 0.05) is 12.5 Å². The van der Waals surface area contributed by atoms with E-state index in [4.69, 9.17) is 9.47 Å². The van der Waals surface area contributed by atoms with Gasteiger partial charge in [0.2, 0.25) is 0 Å². The zero-order valence-electron chi connectivity index (χ0n) is 32.0. The molecule has 0 unspecified atom stereocenters. The average molecular weight is 661 g/mol. The second-order valence-corrected chi connectivity index (χ2v) is 13.7. The summed E-state index contributed by atoms with van der Waals surface area (Å²) < 4.78 is 10.1. The first-order valence-corrected chi connectivity index (χ1v) is 20.2. The van der Waals surface area contributed by atoms with E-state index in [9.17, 15) is 9.59 Å². The molecule has 0 saturated heterocycles. The second kappa shape index (κ2) is 42.2. The van der Waals surface area contributed by atoms with Gasteiger partial charge in [-0.1, -0.05) is 187 Å². The van der Waals surface area contributed by atoms with Crippen LogP contribution in [0.15, 0.2) is 37.0 Å². The first-order chi connectivity index (χ1) is 23.0. The number of hydrogen-bond donors (Lipinski definition) is 0. The Bertz CT molecular complexity index is 709. The number of carbonyl (C=O) groups excluding carboxylic acids is 2. The number of ether oxygens (including phenoxy) is 2. The van der Waals surface area contributed by atoms with Gasteiger partial charge in [0.05, 0.1) is 13.2 Å². The minimum Gasteiger partial charge on any atom is -0.465 e. The highest BCUT2D eigenvalue weighted by Gasteiger charge is 2.03. The Morgan fingerprint density at radius 3 is 1.40 bits per heavy atom. The largest absolute Gasteiger partial charge is 0.465 e.